The van der Waals surface area contributed by atoms with Gasteiger partial charge in [-0.15, -0.1) is 0 Å². The molecule has 7 nitrogen and oxygen atoms in total. The standard InChI is InChI=1S/C21H25N3O4/c1-14(2)23-20(26)15-5-8-18(9-6-15)28-13-17-4-3-11-24(17)21(27)16-7-10-19(25)22-12-16/h5-10,12,14,17H,3-4,11,13H2,1-2H3,(H,22,25)(H,23,26). The monoisotopic (exact) mass is 383 g/mol. The highest BCUT2D eigenvalue weighted by Crippen LogP contribution is 2.21. The molecular weight excluding hydrogens is 358 g/mol. The Labute approximate surface area is 163 Å². The van der Waals surface area contributed by atoms with Gasteiger partial charge in [0.15, 0.2) is 0 Å². The minimum Gasteiger partial charge on any atom is -0.491 e. The lowest BCUT2D eigenvalue weighted by molar-refractivity contribution is 0.0690. The van der Waals surface area contributed by atoms with Gasteiger partial charge >= 0.3 is 0 Å². The van der Waals surface area contributed by atoms with E-state index in [1.165, 1.54) is 12.3 Å². The molecule has 1 aliphatic heterocycles. The number of aromatic amines is 1. The molecule has 3 rings (SSSR count). The molecule has 1 aromatic carbocycles. The number of nitrogens with zero attached hydrogens (tertiary/aromatic N) is 1. The molecule has 1 aliphatic rings. The smallest absolute Gasteiger partial charge is 0.255 e. The molecule has 0 spiro atoms. The lowest BCUT2D eigenvalue weighted by atomic mass is 10.2. The maximum Gasteiger partial charge on any atom is 0.255 e. The van der Waals surface area contributed by atoms with Gasteiger partial charge < -0.3 is 19.9 Å². The van der Waals surface area contributed by atoms with Gasteiger partial charge in [0.2, 0.25) is 5.56 Å². The highest BCUT2D eigenvalue weighted by molar-refractivity contribution is 5.94. The lowest BCUT2D eigenvalue weighted by Crippen LogP contribution is -2.39. The Bertz CT molecular complexity index is 869. The number of pyridine rings is 1. The minimum absolute atomic E-state index is 0.0247. The van der Waals surface area contributed by atoms with Gasteiger partial charge in [0, 0.05) is 30.4 Å². The zero-order valence-corrected chi connectivity index (χ0v) is 16.1. The molecule has 1 fully saturated rings. The minimum atomic E-state index is -0.233. The molecule has 148 valence electrons. The van der Waals surface area contributed by atoms with Crippen LogP contribution in [0.5, 0.6) is 5.75 Å². The first-order valence-electron chi connectivity index (χ1n) is 9.47. The van der Waals surface area contributed by atoms with Crippen molar-refractivity contribution in [2.24, 2.45) is 0 Å². The molecule has 1 unspecified atom stereocenters. The van der Waals surface area contributed by atoms with E-state index in [0.717, 1.165) is 12.8 Å². The van der Waals surface area contributed by atoms with Gasteiger partial charge in [0.25, 0.3) is 11.8 Å². The van der Waals surface area contributed by atoms with E-state index < -0.39 is 0 Å². The van der Waals surface area contributed by atoms with E-state index in [4.69, 9.17) is 4.74 Å². The number of ether oxygens (including phenoxy) is 1. The van der Waals surface area contributed by atoms with E-state index >= 15 is 0 Å². The third-order valence-corrected chi connectivity index (χ3v) is 4.65. The van der Waals surface area contributed by atoms with Crippen molar-refractivity contribution >= 4 is 11.8 Å². The first kappa shape index (κ1) is 19.7. The van der Waals surface area contributed by atoms with E-state index in [1.807, 2.05) is 13.8 Å². The molecule has 1 atom stereocenters. The van der Waals surface area contributed by atoms with E-state index in [1.54, 1.807) is 35.2 Å². The molecule has 0 saturated carbocycles. The third-order valence-electron chi connectivity index (χ3n) is 4.65. The summed E-state index contributed by atoms with van der Waals surface area (Å²) in [7, 11) is 0. The summed E-state index contributed by atoms with van der Waals surface area (Å²) in [5, 5.41) is 2.85. The molecule has 0 radical (unpaired) electrons. The van der Waals surface area contributed by atoms with Crippen LogP contribution in [-0.2, 0) is 0 Å². The summed E-state index contributed by atoms with van der Waals surface area (Å²) in [6, 6.07) is 9.93. The number of likely N-dealkylation sites (tertiary alicyclic amines) is 1. The lowest BCUT2D eigenvalue weighted by Gasteiger charge is -2.25. The largest absolute Gasteiger partial charge is 0.491 e. The van der Waals surface area contributed by atoms with Gasteiger partial charge in [0.1, 0.15) is 12.4 Å². The van der Waals surface area contributed by atoms with Crippen LogP contribution in [0.3, 0.4) is 0 Å². The van der Waals surface area contributed by atoms with Crippen LogP contribution in [-0.4, -0.2) is 46.9 Å². The van der Waals surface area contributed by atoms with Crippen molar-refractivity contribution < 1.29 is 14.3 Å². The third kappa shape index (κ3) is 4.79. The van der Waals surface area contributed by atoms with Crippen LogP contribution < -0.4 is 15.6 Å². The van der Waals surface area contributed by atoms with Crippen molar-refractivity contribution in [3.05, 3.63) is 64.1 Å². The summed E-state index contributed by atoms with van der Waals surface area (Å²) in [5.74, 6) is 0.433. The van der Waals surface area contributed by atoms with Gasteiger partial charge in [-0.2, -0.15) is 0 Å². The van der Waals surface area contributed by atoms with E-state index in [2.05, 4.69) is 10.3 Å². The quantitative estimate of drug-likeness (QED) is 0.800. The van der Waals surface area contributed by atoms with Crippen LogP contribution in [0.25, 0.3) is 0 Å². The predicted octanol–water partition coefficient (Wildman–Crippen LogP) is 2.20. The molecule has 2 N–H and O–H groups in total. The van der Waals surface area contributed by atoms with Crippen molar-refractivity contribution in [2.75, 3.05) is 13.2 Å². The number of benzene rings is 1. The van der Waals surface area contributed by atoms with Gasteiger partial charge in [-0.3, -0.25) is 14.4 Å². The highest BCUT2D eigenvalue weighted by Gasteiger charge is 2.30. The maximum absolute atomic E-state index is 12.7. The number of rotatable bonds is 6. The number of nitrogens with one attached hydrogen (secondary N) is 2. The molecule has 2 heterocycles. The zero-order valence-electron chi connectivity index (χ0n) is 16.1. The predicted molar refractivity (Wildman–Crippen MR) is 106 cm³/mol. The van der Waals surface area contributed by atoms with Gasteiger partial charge in [-0.05, 0) is 57.0 Å². The second-order valence-corrected chi connectivity index (χ2v) is 7.20. The van der Waals surface area contributed by atoms with Crippen molar-refractivity contribution in [1.82, 2.24) is 15.2 Å². The van der Waals surface area contributed by atoms with E-state index in [-0.39, 0.29) is 29.5 Å². The van der Waals surface area contributed by atoms with Crippen LogP contribution in [0, 0.1) is 0 Å². The second kappa shape index (κ2) is 8.73. The number of hydrogen-bond acceptors (Lipinski definition) is 4. The van der Waals surface area contributed by atoms with E-state index in [0.29, 0.717) is 30.0 Å². The summed E-state index contributed by atoms with van der Waals surface area (Å²) < 4.78 is 5.86. The van der Waals surface area contributed by atoms with Crippen LogP contribution in [0.1, 0.15) is 47.4 Å². The number of carbonyl (C=O) groups excluding carboxylic acids is 2. The first-order chi connectivity index (χ1) is 13.4. The first-order valence-corrected chi connectivity index (χ1v) is 9.47. The molecule has 1 aromatic heterocycles. The number of aromatic nitrogens is 1. The summed E-state index contributed by atoms with van der Waals surface area (Å²) in [6.07, 6.45) is 3.23. The second-order valence-electron chi connectivity index (χ2n) is 7.20. The Morgan fingerprint density at radius 3 is 2.54 bits per heavy atom. The fourth-order valence-electron chi connectivity index (χ4n) is 3.23. The average Bonchev–Trinajstić information content (AvgIpc) is 3.15. The van der Waals surface area contributed by atoms with Gasteiger partial charge in [-0.25, -0.2) is 0 Å². The molecule has 2 amide bonds. The molecule has 0 bridgehead atoms. The fraction of sp³-hybridized carbons (Fsp3) is 0.381. The van der Waals surface area contributed by atoms with Gasteiger partial charge in [0.05, 0.1) is 11.6 Å². The Morgan fingerprint density at radius 2 is 1.89 bits per heavy atom. The Balaban J connectivity index is 1.59. The SMILES string of the molecule is CC(C)NC(=O)c1ccc(OCC2CCCN2C(=O)c2ccc(=O)[nH]c2)cc1. The summed E-state index contributed by atoms with van der Waals surface area (Å²) >= 11 is 0. The van der Waals surface area contributed by atoms with Crippen LogP contribution in [0.15, 0.2) is 47.4 Å². The van der Waals surface area contributed by atoms with Crippen LogP contribution in [0.4, 0.5) is 0 Å². The summed E-state index contributed by atoms with van der Waals surface area (Å²) in [6.45, 7) is 4.88. The maximum atomic E-state index is 12.7. The topological polar surface area (TPSA) is 91.5 Å². The summed E-state index contributed by atoms with van der Waals surface area (Å²) in [4.78, 5) is 40.2. The molecule has 7 heteroatoms. The Morgan fingerprint density at radius 1 is 1.18 bits per heavy atom. The molecular formula is C21H25N3O4. The van der Waals surface area contributed by atoms with Crippen molar-refractivity contribution in [1.29, 1.82) is 0 Å². The number of carbonyl (C=O) groups is 2. The fourth-order valence-corrected chi connectivity index (χ4v) is 3.23. The normalized spacial score (nSPS) is 16.2. The Kier molecular flexibility index (Phi) is 6.13. The summed E-state index contributed by atoms with van der Waals surface area (Å²) in [5.41, 5.74) is 0.812. The Hall–Kier alpha value is -3.09. The van der Waals surface area contributed by atoms with Crippen molar-refractivity contribution in [3.63, 3.8) is 0 Å². The molecule has 1 saturated heterocycles. The van der Waals surface area contributed by atoms with Crippen LogP contribution in [0.2, 0.25) is 0 Å². The van der Waals surface area contributed by atoms with Crippen molar-refractivity contribution in [3.8, 4) is 5.75 Å². The molecule has 28 heavy (non-hydrogen) atoms. The molecule has 2 aromatic rings. The number of amides is 2. The van der Waals surface area contributed by atoms with Crippen LogP contribution >= 0.6 is 0 Å². The number of H-pyrrole nitrogens is 1. The van der Waals surface area contributed by atoms with Crippen molar-refractivity contribution in [2.45, 2.75) is 38.8 Å². The zero-order chi connectivity index (χ0) is 20.1. The van der Waals surface area contributed by atoms with E-state index in [9.17, 15) is 14.4 Å². The average molecular weight is 383 g/mol. The number of hydrogen-bond donors (Lipinski definition) is 2. The van der Waals surface area contributed by atoms with Gasteiger partial charge in [-0.1, -0.05) is 0 Å². The highest BCUT2D eigenvalue weighted by atomic mass is 16.5. The molecule has 0 aliphatic carbocycles.